The zero-order valence-corrected chi connectivity index (χ0v) is 12.0. The minimum absolute atomic E-state index is 0.152. The van der Waals surface area contributed by atoms with Gasteiger partial charge in [0, 0.05) is 19.3 Å². The summed E-state index contributed by atoms with van der Waals surface area (Å²) in [6.07, 6.45) is 3.27. The summed E-state index contributed by atoms with van der Waals surface area (Å²) in [6.45, 7) is 1.43. The first-order valence-corrected chi connectivity index (χ1v) is 7.93. The molecule has 1 unspecified atom stereocenters. The molecule has 1 aliphatic heterocycles. The second-order valence-electron chi connectivity index (χ2n) is 4.54. The van der Waals surface area contributed by atoms with Crippen LogP contribution in [0.4, 0.5) is 5.82 Å². The van der Waals surface area contributed by atoms with Crippen LogP contribution in [-0.4, -0.2) is 37.3 Å². The minimum Gasteiger partial charge on any atom is -0.330 e. The number of hydrogen-bond donors (Lipinski definition) is 2. The quantitative estimate of drug-likeness (QED) is 0.870. The smallest absolute Gasteiger partial charge is 0.302 e. The lowest BCUT2D eigenvalue weighted by Crippen LogP contribution is -2.44. The van der Waals surface area contributed by atoms with Gasteiger partial charge in [-0.15, -0.1) is 0 Å². The molecular weight excluding hydrogens is 288 g/mol. The number of hydrogen-bond acceptors (Lipinski definition) is 4. The third-order valence-electron chi connectivity index (χ3n) is 3.14. The second kappa shape index (κ2) is 6.04. The van der Waals surface area contributed by atoms with Crippen molar-refractivity contribution in [1.82, 2.24) is 9.29 Å². The molecule has 1 atom stereocenters. The Hall–Kier alpha value is -0.890. The van der Waals surface area contributed by atoms with Crippen molar-refractivity contribution in [1.29, 1.82) is 0 Å². The van der Waals surface area contributed by atoms with Crippen molar-refractivity contribution < 1.29 is 8.42 Å². The van der Waals surface area contributed by atoms with Crippen LogP contribution in [0.1, 0.15) is 12.8 Å². The normalized spacial score (nSPS) is 21.3. The van der Waals surface area contributed by atoms with Crippen molar-refractivity contribution in [3.8, 4) is 0 Å². The van der Waals surface area contributed by atoms with E-state index in [1.165, 1.54) is 10.5 Å². The Balaban J connectivity index is 2.12. The summed E-state index contributed by atoms with van der Waals surface area (Å²) in [5.41, 5.74) is 5.61. The molecule has 106 valence electrons. The van der Waals surface area contributed by atoms with Crippen LogP contribution in [-0.2, 0) is 10.2 Å². The molecule has 2 heterocycles. The fraction of sp³-hybridized carbons (Fsp3) is 0.545. The Bertz CT molecular complexity index is 537. The van der Waals surface area contributed by atoms with Gasteiger partial charge in [0.05, 0.1) is 5.02 Å². The lowest BCUT2D eigenvalue weighted by atomic mass is 10.0. The number of pyridine rings is 1. The highest BCUT2D eigenvalue weighted by molar-refractivity contribution is 7.90. The number of piperidine rings is 1. The Labute approximate surface area is 118 Å². The Morgan fingerprint density at radius 3 is 3.05 bits per heavy atom. The number of aromatic nitrogens is 1. The number of nitrogens with two attached hydrogens (primary N) is 1. The molecule has 0 radical (unpaired) electrons. The number of anilines is 1. The van der Waals surface area contributed by atoms with Crippen LogP contribution in [0, 0.1) is 5.92 Å². The molecule has 1 aromatic heterocycles. The van der Waals surface area contributed by atoms with Crippen LogP contribution in [0.3, 0.4) is 0 Å². The molecule has 19 heavy (non-hydrogen) atoms. The molecule has 0 spiro atoms. The molecule has 1 fully saturated rings. The van der Waals surface area contributed by atoms with Gasteiger partial charge in [-0.25, -0.2) is 4.98 Å². The molecule has 0 bridgehead atoms. The van der Waals surface area contributed by atoms with Gasteiger partial charge in [0.15, 0.2) is 5.82 Å². The van der Waals surface area contributed by atoms with E-state index in [2.05, 4.69) is 9.71 Å². The molecule has 0 saturated carbocycles. The fourth-order valence-electron chi connectivity index (χ4n) is 2.09. The number of halogens is 1. The molecule has 8 heteroatoms. The summed E-state index contributed by atoms with van der Waals surface area (Å²) in [4.78, 5) is 3.92. The Kier molecular flexibility index (Phi) is 4.62. The SMILES string of the molecule is NCC1CCCN(S(=O)(=O)Nc2ncccc2Cl)C1. The van der Waals surface area contributed by atoms with Gasteiger partial charge in [0.2, 0.25) is 0 Å². The Morgan fingerprint density at radius 2 is 2.37 bits per heavy atom. The van der Waals surface area contributed by atoms with Crippen LogP contribution >= 0.6 is 11.6 Å². The van der Waals surface area contributed by atoms with Gasteiger partial charge in [0.25, 0.3) is 0 Å². The van der Waals surface area contributed by atoms with E-state index in [0.29, 0.717) is 19.6 Å². The van der Waals surface area contributed by atoms with Crippen molar-refractivity contribution in [3.63, 3.8) is 0 Å². The van der Waals surface area contributed by atoms with E-state index in [-0.39, 0.29) is 16.8 Å². The highest BCUT2D eigenvalue weighted by Crippen LogP contribution is 2.22. The third kappa shape index (κ3) is 3.56. The lowest BCUT2D eigenvalue weighted by molar-refractivity contribution is 0.273. The van der Waals surface area contributed by atoms with Gasteiger partial charge >= 0.3 is 10.2 Å². The van der Waals surface area contributed by atoms with Gasteiger partial charge in [0.1, 0.15) is 0 Å². The highest BCUT2D eigenvalue weighted by atomic mass is 35.5. The average Bonchev–Trinajstić information content (AvgIpc) is 2.41. The van der Waals surface area contributed by atoms with Gasteiger partial charge in [-0.3, -0.25) is 4.72 Å². The standard InChI is InChI=1S/C11H17ClN4O2S/c12-10-4-1-5-14-11(10)15-19(17,18)16-6-2-3-9(7-13)8-16/h1,4-5,9H,2-3,6-8,13H2,(H,14,15). The minimum atomic E-state index is -3.62. The van der Waals surface area contributed by atoms with Crippen LogP contribution in [0.25, 0.3) is 0 Å². The van der Waals surface area contributed by atoms with E-state index in [1.807, 2.05) is 0 Å². The first-order chi connectivity index (χ1) is 9.03. The summed E-state index contributed by atoms with van der Waals surface area (Å²) in [5, 5.41) is 0.276. The summed E-state index contributed by atoms with van der Waals surface area (Å²) < 4.78 is 28.3. The molecule has 3 N–H and O–H groups in total. The summed E-state index contributed by atoms with van der Waals surface area (Å²) in [5.74, 6) is 0.364. The number of nitrogens with zero attached hydrogens (tertiary/aromatic N) is 2. The molecule has 0 amide bonds. The van der Waals surface area contributed by atoms with Gasteiger partial charge in [-0.05, 0) is 37.4 Å². The van der Waals surface area contributed by atoms with Crippen LogP contribution in [0.2, 0.25) is 5.02 Å². The highest BCUT2D eigenvalue weighted by Gasteiger charge is 2.28. The topological polar surface area (TPSA) is 88.3 Å². The lowest BCUT2D eigenvalue weighted by Gasteiger charge is -2.31. The predicted molar refractivity (Wildman–Crippen MR) is 75.1 cm³/mol. The number of rotatable bonds is 4. The summed E-state index contributed by atoms with van der Waals surface area (Å²) in [6, 6.07) is 3.23. The number of nitrogens with one attached hydrogen (secondary N) is 1. The molecular formula is C11H17ClN4O2S. The predicted octanol–water partition coefficient (Wildman–Crippen LogP) is 1.06. The molecule has 0 aromatic carbocycles. The van der Waals surface area contributed by atoms with E-state index in [4.69, 9.17) is 17.3 Å². The zero-order valence-electron chi connectivity index (χ0n) is 10.4. The fourth-order valence-corrected chi connectivity index (χ4v) is 3.62. The third-order valence-corrected chi connectivity index (χ3v) is 4.91. The van der Waals surface area contributed by atoms with E-state index in [0.717, 1.165) is 12.8 Å². The van der Waals surface area contributed by atoms with Gasteiger partial charge in [-0.1, -0.05) is 11.6 Å². The van der Waals surface area contributed by atoms with Crippen LogP contribution < -0.4 is 10.5 Å². The second-order valence-corrected chi connectivity index (χ2v) is 6.62. The van der Waals surface area contributed by atoms with E-state index in [9.17, 15) is 8.42 Å². The van der Waals surface area contributed by atoms with Gasteiger partial charge < -0.3 is 5.73 Å². The molecule has 6 nitrogen and oxygen atoms in total. The maximum absolute atomic E-state index is 12.2. The maximum atomic E-state index is 12.2. The summed E-state index contributed by atoms with van der Waals surface area (Å²) in [7, 11) is -3.62. The molecule has 1 aromatic rings. The largest absolute Gasteiger partial charge is 0.330 e. The Morgan fingerprint density at radius 1 is 1.58 bits per heavy atom. The van der Waals surface area contributed by atoms with E-state index >= 15 is 0 Å². The molecule has 1 saturated heterocycles. The maximum Gasteiger partial charge on any atom is 0.302 e. The van der Waals surface area contributed by atoms with Crippen molar-refractivity contribution in [3.05, 3.63) is 23.4 Å². The molecule has 1 aliphatic rings. The summed E-state index contributed by atoms with van der Waals surface area (Å²) >= 11 is 5.90. The van der Waals surface area contributed by atoms with E-state index < -0.39 is 10.2 Å². The average molecular weight is 305 g/mol. The molecule has 2 rings (SSSR count). The van der Waals surface area contributed by atoms with Crippen molar-refractivity contribution in [2.24, 2.45) is 11.7 Å². The monoisotopic (exact) mass is 304 g/mol. The first kappa shape index (κ1) is 14.5. The van der Waals surface area contributed by atoms with Crippen molar-refractivity contribution >= 4 is 27.6 Å². The van der Waals surface area contributed by atoms with Crippen molar-refractivity contribution in [2.45, 2.75) is 12.8 Å². The first-order valence-electron chi connectivity index (χ1n) is 6.11. The zero-order chi connectivity index (χ0) is 13.9. The van der Waals surface area contributed by atoms with Crippen molar-refractivity contribution in [2.75, 3.05) is 24.4 Å². The van der Waals surface area contributed by atoms with Crippen LogP contribution in [0.5, 0.6) is 0 Å². The van der Waals surface area contributed by atoms with E-state index in [1.54, 1.807) is 12.1 Å². The molecule has 0 aliphatic carbocycles. The van der Waals surface area contributed by atoms with Crippen LogP contribution in [0.15, 0.2) is 18.3 Å². The van der Waals surface area contributed by atoms with Gasteiger partial charge in [-0.2, -0.15) is 12.7 Å².